The number of hydrogen-bond donors (Lipinski definition) is 1. The molecular weight excluding hydrogens is 232 g/mol. The van der Waals surface area contributed by atoms with E-state index < -0.39 is 0 Å². The van der Waals surface area contributed by atoms with E-state index in [1.54, 1.807) is 9.36 Å². The quantitative estimate of drug-likeness (QED) is 0.789. The predicted molar refractivity (Wildman–Crippen MR) is 65.6 cm³/mol. The van der Waals surface area contributed by atoms with Crippen molar-refractivity contribution in [3.8, 4) is 0 Å². The Kier molecular flexibility index (Phi) is 3.85. The van der Waals surface area contributed by atoms with Gasteiger partial charge in [0.25, 0.3) is 0 Å². The van der Waals surface area contributed by atoms with Crippen LogP contribution in [0.4, 0.5) is 5.82 Å². The average molecular weight is 250 g/mol. The Bertz CT molecular complexity index is 500. The summed E-state index contributed by atoms with van der Waals surface area (Å²) in [4.78, 5) is 0. The van der Waals surface area contributed by atoms with Crippen LogP contribution in [0.15, 0.2) is 0 Å². The minimum Gasteiger partial charge on any atom is -0.381 e. The largest absolute Gasteiger partial charge is 0.381 e. The van der Waals surface area contributed by atoms with Gasteiger partial charge in [-0.2, -0.15) is 0 Å². The first-order chi connectivity index (χ1) is 8.76. The van der Waals surface area contributed by atoms with Gasteiger partial charge < -0.3 is 5.73 Å². The number of aromatic nitrogens is 7. The minimum absolute atomic E-state index is 0.492. The molecule has 0 aliphatic carbocycles. The molecule has 2 rings (SSSR count). The number of rotatable bonds is 6. The van der Waals surface area contributed by atoms with Crippen molar-refractivity contribution in [3.05, 3.63) is 11.5 Å². The molecule has 0 aromatic carbocycles. The van der Waals surface area contributed by atoms with Gasteiger partial charge in [-0.1, -0.05) is 25.5 Å². The maximum absolute atomic E-state index is 5.80. The van der Waals surface area contributed by atoms with Crippen molar-refractivity contribution in [2.75, 3.05) is 5.73 Å². The van der Waals surface area contributed by atoms with Gasteiger partial charge in [-0.25, -0.2) is 9.36 Å². The van der Waals surface area contributed by atoms with Crippen molar-refractivity contribution < 1.29 is 0 Å². The zero-order valence-corrected chi connectivity index (χ0v) is 10.7. The highest BCUT2D eigenvalue weighted by Gasteiger charge is 2.13. The lowest BCUT2D eigenvalue weighted by molar-refractivity contribution is 0.518. The summed E-state index contributed by atoms with van der Waals surface area (Å²) in [5.41, 5.74) is 6.75. The Balaban J connectivity index is 2.20. The highest BCUT2D eigenvalue weighted by atomic mass is 15.6. The lowest BCUT2D eigenvalue weighted by Gasteiger charge is -2.06. The second-order valence-electron chi connectivity index (χ2n) is 4.15. The Morgan fingerprint density at radius 1 is 1.06 bits per heavy atom. The molecule has 0 aliphatic rings. The topological polar surface area (TPSA) is 100 Å². The van der Waals surface area contributed by atoms with E-state index in [-0.39, 0.29) is 0 Å². The molecule has 8 nitrogen and oxygen atoms in total. The van der Waals surface area contributed by atoms with Crippen LogP contribution in [0.1, 0.15) is 38.2 Å². The summed E-state index contributed by atoms with van der Waals surface area (Å²) in [6.07, 6.45) is 2.84. The number of nitrogens with two attached hydrogens (primary N) is 1. The average Bonchev–Trinajstić information content (AvgIpc) is 2.92. The first-order valence-corrected chi connectivity index (χ1v) is 6.19. The summed E-state index contributed by atoms with van der Waals surface area (Å²) in [6.45, 7) is 5.49. The maximum Gasteiger partial charge on any atom is 0.172 e. The van der Waals surface area contributed by atoms with Gasteiger partial charge in [-0.15, -0.1) is 10.2 Å². The molecule has 0 atom stereocenters. The van der Waals surface area contributed by atoms with Crippen molar-refractivity contribution in [1.29, 1.82) is 0 Å². The maximum atomic E-state index is 5.80. The zero-order chi connectivity index (χ0) is 13.0. The van der Waals surface area contributed by atoms with Gasteiger partial charge in [-0.3, -0.25) is 0 Å². The zero-order valence-electron chi connectivity index (χ0n) is 10.7. The van der Waals surface area contributed by atoms with Crippen molar-refractivity contribution in [2.24, 2.45) is 0 Å². The molecule has 8 heteroatoms. The number of hydrogen-bond acceptors (Lipinski definition) is 6. The molecule has 2 aromatic heterocycles. The molecule has 0 radical (unpaired) electrons. The fourth-order valence-electron chi connectivity index (χ4n) is 1.82. The number of anilines is 1. The fraction of sp³-hybridized carbons (Fsp3) is 0.700. The van der Waals surface area contributed by atoms with Crippen LogP contribution < -0.4 is 5.73 Å². The first-order valence-electron chi connectivity index (χ1n) is 6.19. The summed E-state index contributed by atoms with van der Waals surface area (Å²) in [5, 5.41) is 19.6. The van der Waals surface area contributed by atoms with Gasteiger partial charge in [0.2, 0.25) is 0 Å². The monoisotopic (exact) mass is 250 g/mol. The van der Waals surface area contributed by atoms with Crippen LogP contribution in [-0.4, -0.2) is 35.2 Å². The number of nitrogens with zero attached hydrogens (tertiary/aromatic N) is 7. The molecule has 0 saturated heterocycles. The lowest BCUT2D eigenvalue weighted by Crippen LogP contribution is -2.13. The molecule has 0 aliphatic heterocycles. The molecule has 0 spiro atoms. The second-order valence-corrected chi connectivity index (χ2v) is 4.15. The number of tetrazole rings is 1. The lowest BCUT2D eigenvalue weighted by atomic mass is 10.2. The standard InChI is InChI=1S/C10H18N8/c1-3-5-8-10(11)13-15-18(8)7-9-12-14-16-17(9)6-4-2/h3-7,11H2,1-2H3. The van der Waals surface area contributed by atoms with Gasteiger partial charge in [0.1, 0.15) is 6.54 Å². The van der Waals surface area contributed by atoms with E-state index in [4.69, 9.17) is 5.73 Å². The second kappa shape index (κ2) is 5.56. The van der Waals surface area contributed by atoms with Crippen molar-refractivity contribution in [3.63, 3.8) is 0 Å². The van der Waals surface area contributed by atoms with Crippen LogP contribution in [0.3, 0.4) is 0 Å². The van der Waals surface area contributed by atoms with E-state index in [9.17, 15) is 0 Å². The molecule has 0 saturated carbocycles. The molecule has 18 heavy (non-hydrogen) atoms. The predicted octanol–water partition coefficient (Wildman–Crippen LogP) is 0.258. The first kappa shape index (κ1) is 12.5. The number of nitrogen functional groups attached to an aromatic ring is 1. The summed E-state index contributed by atoms with van der Waals surface area (Å²) in [5.74, 6) is 1.27. The molecule has 2 aromatic rings. The minimum atomic E-state index is 0.492. The summed E-state index contributed by atoms with van der Waals surface area (Å²) in [7, 11) is 0. The smallest absolute Gasteiger partial charge is 0.172 e. The molecule has 2 heterocycles. The third-order valence-corrected chi connectivity index (χ3v) is 2.69. The van der Waals surface area contributed by atoms with Crippen LogP contribution in [0.5, 0.6) is 0 Å². The van der Waals surface area contributed by atoms with Crippen LogP contribution >= 0.6 is 0 Å². The van der Waals surface area contributed by atoms with Gasteiger partial charge >= 0.3 is 0 Å². The third-order valence-electron chi connectivity index (χ3n) is 2.69. The summed E-state index contributed by atoms with van der Waals surface area (Å²) >= 11 is 0. The van der Waals surface area contributed by atoms with Crippen LogP contribution in [0, 0.1) is 0 Å². The normalized spacial score (nSPS) is 11.0. The van der Waals surface area contributed by atoms with Crippen molar-refractivity contribution in [1.82, 2.24) is 35.2 Å². The third kappa shape index (κ3) is 2.47. The Morgan fingerprint density at radius 3 is 2.61 bits per heavy atom. The molecule has 98 valence electrons. The van der Waals surface area contributed by atoms with Gasteiger partial charge in [0.05, 0.1) is 5.69 Å². The molecular formula is C10H18N8. The highest BCUT2D eigenvalue weighted by Crippen LogP contribution is 2.11. The molecule has 0 fully saturated rings. The fourth-order valence-corrected chi connectivity index (χ4v) is 1.82. The van der Waals surface area contributed by atoms with Crippen LogP contribution in [-0.2, 0) is 19.5 Å². The van der Waals surface area contributed by atoms with E-state index in [0.717, 1.165) is 37.3 Å². The van der Waals surface area contributed by atoms with E-state index in [1.807, 2.05) is 0 Å². The van der Waals surface area contributed by atoms with E-state index >= 15 is 0 Å². The van der Waals surface area contributed by atoms with E-state index in [0.29, 0.717) is 12.4 Å². The molecule has 0 unspecified atom stereocenters. The Labute approximate surface area is 105 Å². The van der Waals surface area contributed by atoms with E-state index in [2.05, 4.69) is 39.7 Å². The summed E-state index contributed by atoms with van der Waals surface area (Å²) in [6, 6.07) is 0. The molecule has 0 bridgehead atoms. The highest BCUT2D eigenvalue weighted by molar-refractivity contribution is 5.33. The van der Waals surface area contributed by atoms with Crippen molar-refractivity contribution >= 4 is 5.82 Å². The summed E-state index contributed by atoms with van der Waals surface area (Å²) < 4.78 is 3.56. The van der Waals surface area contributed by atoms with Crippen LogP contribution in [0.25, 0.3) is 0 Å². The molecule has 0 amide bonds. The molecule has 2 N–H and O–H groups in total. The van der Waals surface area contributed by atoms with Gasteiger partial charge in [-0.05, 0) is 23.3 Å². The number of aryl methyl sites for hydroxylation is 1. The Morgan fingerprint density at radius 2 is 1.89 bits per heavy atom. The SMILES string of the molecule is CCCc1c(N)nnn1Cc1nnnn1CCC. The van der Waals surface area contributed by atoms with Gasteiger partial charge in [0, 0.05) is 6.54 Å². The Hall–Kier alpha value is -1.99. The van der Waals surface area contributed by atoms with Crippen molar-refractivity contribution in [2.45, 2.75) is 46.2 Å². The van der Waals surface area contributed by atoms with E-state index in [1.165, 1.54) is 0 Å². The van der Waals surface area contributed by atoms with Crippen LogP contribution in [0.2, 0.25) is 0 Å². The van der Waals surface area contributed by atoms with Gasteiger partial charge in [0.15, 0.2) is 11.6 Å².